The van der Waals surface area contributed by atoms with E-state index < -0.39 is 35.2 Å². The van der Waals surface area contributed by atoms with Crippen LogP contribution in [0.3, 0.4) is 0 Å². The van der Waals surface area contributed by atoms with Crippen molar-refractivity contribution in [3.63, 3.8) is 0 Å². The molecule has 0 bridgehead atoms. The van der Waals surface area contributed by atoms with E-state index >= 15 is 0 Å². The maximum Gasteiger partial charge on any atom is 0.408 e. The van der Waals surface area contributed by atoms with Gasteiger partial charge in [0.15, 0.2) is 0 Å². The molecule has 0 aliphatic carbocycles. The van der Waals surface area contributed by atoms with E-state index in [4.69, 9.17) is 4.74 Å². The van der Waals surface area contributed by atoms with E-state index in [1.165, 1.54) is 42.2 Å². The smallest absolute Gasteiger partial charge is 0.408 e. The molecule has 0 aromatic carbocycles. The number of nitrogens with one attached hydrogen (secondary N) is 3. The lowest BCUT2D eigenvalue weighted by Gasteiger charge is -2.23. The topological polar surface area (TPSA) is 145 Å². The van der Waals surface area contributed by atoms with Crippen molar-refractivity contribution < 1.29 is 28.7 Å². The van der Waals surface area contributed by atoms with E-state index in [1.807, 2.05) is 13.8 Å². The van der Waals surface area contributed by atoms with Crippen molar-refractivity contribution in [3.05, 3.63) is 40.8 Å². The summed E-state index contributed by atoms with van der Waals surface area (Å²) in [5.41, 5.74) is -1.39. The predicted octanol–water partition coefficient (Wildman–Crippen LogP) is 2.35. The zero-order valence-electron chi connectivity index (χ0n) is 21.9. The van der Waals surface area contributed by atoms with Crippen molar-refractivity contribution in [2.75, 3.05) is 19.0 Å². The van der Waals surface area contributed by atoms with E-state index in [0.29, 0.717) is 12.5 Å². The molecule has 1 aromatic heterocycles. The number of hydrogen-bond acceptors (Lipinski definition) is 7. The minimum Gasteiger partial charge on any atom is -0.466 e. The summed E-state index contributed by atoms with van der Waals surface area (Å²) in [6, 6.07) is 1.89. The fraction of sp³-hybridized carbons (Fsp3) is 0.560. The average molecular weight is 507 g/mol. The SMILES string of the molecule is COC(=O)/C=C/CCC(NC(=O)OC(C)(C)C)C(=O)Nc1cccn(CC(=O)NCCC(C)C)c1=O. The Kier molecular flexibility index (Phi) is 12.4. The number of nitrogens with zero attached hydrogens (tertiary/aromatic N) is 1. The van der Waals surface area contributed by atoms with Crippen LogP contribution in [0, 0.1) is 5.92 Å². The fourth-order valence-electron chi connectivity index (χ4n) is 2.92. The molecule has 0 saturated heterocycles. The third-order valence-electron chi connectivity index (χ3n) is 4.72. The van der Waals surface area contributed by atoms with Gasteiger partial charge in [-0.2, -0.15) is 0 Å². The Morgan fingerprint density at radius 3 is 2.44 bits per heavy atom. The molecule has 11 heteroatoms. The highest BCUT2D eigenvalue weighted by Crippen LogP contribution is 2.09. The molecule has 0 spiro atoms. The van der Waals surface area contributed by atoms with E-state index in [-0.39, 0.29) is 31.0 Å². The zero-order chi connectivity index (χ0) is 27.3. The van der Waals surface area contributed by atoms with Gasteiger partial charge < -0.3 is 30.0 Å². The van der Waals surface area contributed by atoms with Crippen LogP contribution < -0.4 is 21.5 Å². The number of carbonyl (C=O) groups excluding carboxylic acids is 4. The number of rotatable bonds is 12. The first-order valence-electron chi connectivity index (χ1n) is 11.8. The quantitative estimate of drug-likeness (QED) is 0.291. The van der Waals surface area contributed by atoms with Crippen LogP contribution in [0.5, 0.6) is 0 Å². The molecule has 1 rings (SSSR count). The van der Waals surface area contributed by atoms with Gasteiger partial charge in [-0.05, 0) is 58.1 Å². The minimum atomic E-state index is -1.06. The van der Waals surface area contributed by atoms with E-state index in [0.717, 1.165) is 6.42 Å². The van der Waals surface area contributed by atoms with Crippen LogP contribution in [0.4, 0.5) is 10.5 Å². The van der Waals surface area contributed by atoms with Crippen LogP contribution >= 0.6 is 0 Å². The standard InChI is InChI=1S/C25H38N4O7/c1-17(2)13-14-26-20(30)16-29-15-9-11-19(23(29)33)27-22(32)18(10-7-8-12-21(31)35-6)28-24(34)36-25(3,4)5/h8-9,11-12,15,17-18H,7,10,13-14,16H2,1-6H3,(H,26,30)(H,27,32)(H,28,34)/b12-8+. The molecule has 36 heavy (non-hydrogen) atoms. The molecule has 3 amide bonds. The first-order valence-corrected chi connectivity index (χ1v) is 11.8. The van der Waals surface area contributed by atoms with Gasteiger partial charge in [0.1, 0.15) is 23.9 Å². The van der Waals surface area contributed by atoms with Gasteiger partial charge in [-0.3, -0.25) is 14.4 Å². The van der Waals surface area contributed by atoms with Gasteiger partial charge in [-0.25, -0.2) is 9.59 Å². The summed E-state index contributed by atoms with van der Waals surface area (Å²) >= 11 is 0. The Morgan fingerprint density at radius 1 is 1.14 bits per heavy atom. The second-order valence-corrected chi connectivity index (χ2v) is 9.58. The Bertz CT molecular complexity index is 993. The number of carbonyl (C=O) groups is 4. The zero-order valence-corrected chi connectivity index (χ0v) is 21.9. The first-order chi connectivity index (χ1) is 16.8. The number of hydrogen-bond donors (Lipinski definition) is 3. The minimum absolute atomic E-state index is 0.0430. The second-order valence-electron chi connectivity index (χ2n) is 9.58. The van der Waals surface area contributed by atoms with Crippen LogP contribution in [0.25, 0.3) is 0 Å². The number of ether oxygens (including phenoxy) is 2. The highest BCUT2D eigenvalue weighted by atomic mass is 16.6. The summed E-state index contributed by atoms with van der Waals surface area (Å²) in [4.78, 5) is 61.5. The maximum atomic E-state index is 13.0. The first kappa shape index (κ1) is 30.4. The molecule has 3 N–H and O–H groups in total. The van der Waals surface area contributed by atoms with Crippen molar-refractivity contribution in [2.45, 2.75) is 72.1 Å². The average Bonchev–Trinajstić information content (AvgIpc) is 2.76. The Balaban J connectivity index is 2.94. The lowest BCUT2D eigenvalue weighted by Crippen LogP contribution is -2.46. The summed E-state index contributed by atoms with van der Waals surface area (Å²) < 4.78 is 10.9. The number of alkyl carbamates (subject to hydrolysis) is 1. The van der Waals surface area contributed by atoms with Crippen LogP contribution in [-0.2, 0) is 30.4 Å². The molecule has 1 unspecified atom stereocenters. The van der Waals surface area contributed by atoms with E-state index in [1.54, 1.807) is 20.8 Å². The highest BCUT2D eigenvalue weighted by Gasteiger charge is 2.25. The van der Waals surface area contributed by atoms with E-state index in [9.17, 15) is 24.0 Å². The van der Waals surface area contributed by atoms with Gasteiger partial charge in [0, 0.05) is 18.8 Å². The molecular weight excluding hydrogens is 468 g/mol. The normalized spacial score (nSPS) is 12.2. The van der Waals surface area contributed by atoms with Gasteiger partial charge in [0.25, 0.3) is 5.56 Å². The molecule has 1 atom stereocenters. The highest BCUT2D eigenvalue weighted by molar-refractivity contribution is 5.96. The monoisotopic (exact) mass is 506 g/mol. The van der Waals surface area contributed by atoms with Crippen LogP contribution in [0.15, 0.2) is 35.3 Å². The summed E-state index contributed by atoms with van der Waals surface area (Å²) in [6.45, 7) is 9.46. The van der Waals surface area contributed by atoms with Crippen LogP contribution in [0.2, 0.25) is 0 Å². The van der Waals surface area contributed by atoms with Gasteiger partial charge in [0.2, 0.25) is 11.8 Å². The number of allylic oxidation sites excluding steroid dienone is 1. The molecule has 200 valence electrons. The third-order valence-corrected chi connectivity index (χ3v) is 4.72. The van der Waals surface area contributed by atoms with Crippen molar-refractivity contribution in [1.82, 2.24) is 15.2 Å². The third kappa shape index (κ3) is 12.2. The predicted molar refractivity (Wildman–Crippen MR) is 135 cm³/mol. The molecule has 0 radical (unpaired) electrons. The molecule has 0 fully saturated rings. The maximum absolute atomic E-state index is 13.0. The van der Waals surface area contributed by atoms with Crippen LogP contribution in [-0.4, -0.2) is 53.7 Å². The number of methoxy groups -OCH3 is 1. The number of esters is 1. The summed E-state index contributed by atoms with van der Waals surface area (Å²) in [5, 5.41) is 7.78. The number of amides is 3. The molecule has 11 nitrogen and oxygen atoms in total. The molecular formula is C25H38N4O7. The molecule has 0 aliphatic rings. The summed E-state index contributed by atoms with van der Waals surface area (Å²) in [5.74, 6) is -1.08. The fourth-order valence-corrected chi connectivity index (χ4v) is 2.92. The van der Waals surface area contributed by atoms with Crippen molar-refractivity contribution in [2.24, 2.45) is 5.92 Å². The molecule has 0 saturated carbocycles. The van der Waals surface area contributed by atoms with Crippen molar-refractivity contribution >= 4 is 29.6 Å². The lowest BCUT2D eigenvalue weighted by atomic mass is 10.1. The number of anilines is 1. The number of pyridine rings is 1. The molecule has 0 aliphatic heterocycles. The van der Waals surface area contributed by atoms with Gasteiger partial charge in [-0.15, -0.1) is 0 Å². The largest absolute Gasteiger partial charge is 0.466 e. The van der Waals surface area contributed by atoms with Gasteiger partial charge in [0.05, 0.1) is 7.11 Å². The van der Waals surface area contributed by atoms with Gasteiger partial charge in [-0.1, -0.05) is 19.9 Å². The Labute approximate surface area is 211 Å². The van der Waals surface area contributed by atoms with Crippen molar-refractivity contribution in [3.8, 4) is 0 Å². The lowest BCUT2D eigenvalue weighted by molar-refractivity contribution is -0.134. The van der Waals surface area contributed by atoms with Crippen LogP contribution in [0.1, 0.15) is 53.9 Å². The summed E-state index contributed by atoms with van der Waals surface area (Å²) in [6.07, 6.45) is 4.58. The van der Waals surface area contributed by atoms with Gasteiger partial charge >= 0.3 is 12.1 Å². The summed E-state index contributed by atoms with van der Waals surface area (Å²) in [7, 11) is 1.24. The Morgan fingerprint density at radius 2 is 1.83 bits per heavy atom. The number of aromatic nitrogens is 1. The molecule has 1 aromatic rings. The Hall–Kier alpha value is -3.63. The molecule has 1 heterocycles. The van der Waals surface area contributed by atoms with Crippen molar-refractivity contribution in [1.29, 1.82) is 0 Å². The second kappa shape index (κ2) is 14.7. The van der Waals surface area contributed by atoms with E-state index in [2.05, 4.69) is 20.7 Å².